The predicted molar refractivity (Wildman–Crippen MR) is 78.2 cm³/mol. The predicted octanol–water partition coefficient (Wildman–Crippen LogP) is 3.59. The molecule has 1 unspecified atom stereocenters. The number of nitrogens with zero attached hydrogens (tertiary/aromatic N) is 1. The van der Waals surface area contributed by atoms with Crippen LogP contribution in [0, 0.1) is 0 Å². The number of rotatable bonds is 6. The SMILES string of the molecule is CCCN(CC(O)c1cc2ccccc2o1)C(C)C. The zero-order valence-corrected chi connectivity index (χ0v) is 12.0. The van der Waals surface area contributed by atoms with Crippen LogP contribution >= 0.6 is 0 Å². The smallest absolute Gasteiger partial charge is 0.135 e. The Morgan fingerprint density at radius 2 is 2.00 bits per heavy atom. The van der Waals surface area contributed by atoms with Gasteiger partial charge >= 0.3 is 0 Å². The first-order valence-corrected chi connectivity index (χ1v) is 7.02. The third-order valence-electron chi connectivity index (χ3n) is 3.42. The lowest BCUT2D eigenvalue weighted by Gasteiger charge is -2.27. The molecule has 1 atom stereocenters. The van der Waals surface area contributed by atoms with Gasteiger partial charge in [0.25, 0.3) is 0 Å². The second-order valence-corrected chi connectivity index (χ2v) is 5.29. The second-order valence-electron chi connectivity index (χ2n) is 5.29. The van der Waals surface area contributed by atoms with E-state index in [0.717, 1.165) is 23.9 Å². The normalized spacial score (nSPS) is 13.6. The minimum Gasteiger partial charge on any atom is -0.458 e. The van der Waals surface area contributed by atoms with E-state index in [-0.39, 0.29) is 0 Å². The molecule has 0 aliphatic carbocycles. The first-order valence-electron chi connectivity index (χ1n) is 7.02. The molecule has 0 spiro atoms. The van der Waals surface area contributed by atoms with Crippen LogP contribution < -0.4 is 0 Å². The van der Waals surface area contributed by atoms with Crippen molar-refractivity contribution in [2.24, 2.45) is 0 Å². The van der Waals surface area contributed by atoms with Crippen LogP contribution in [-0.4, -0.2) is 29.1 Å². The molecule has 0 aliphatic rings. The molecular formula is C16H23NO2. The molecule has 1 N–H and O–H groups in total. The molecule has 3 heteroatoms. The quantitative estimate of drug-likeness (QED) is 0.863. The van der Waals surface area contributed by atoms with Crippen molar-refractivity contribution in [2.45, 2.75) is 39.3 Å². The average molecular weight is 261 g/mol. The maximum absolute atomic E-state index is 10.3. The third kappa shape index (κ3) is 3.37. The summed E-state index contributed by atoms with van der Waals surface area (Å²) in [5.74, 6) is 0.656. The summed E-state index contributed by atoms with van der Waals surface area (Å²) in [6, 6.07) is 10.2. The van der Waals surface area contributed by atoms with Gasteiger partial charge in [0.2, 0.25) is 0 Å². The number of fused-ring (bicyclic) bond motifs is 1. The van der Waals surface area contributed by atoms with Gasteiger partial charge in [-0.15, -0.1) is 0 Å². The van der Waals surface area contributed by atoms with Crippen molar-refractivity contribution in [1.29, 1.82) is 0 Å². The number of hydrogen-bond donors (Lipinski definition) is 1. The van der Waals surface area contributed by atoms with E-state index in [2.05, 4.69) is 25.7 Å². The molecule has 2 rings (SSSR count). The number of aliphatic hydroxyl groups is 1. The fraction of sp³-hybridized carbons (Fsp3) is 0.500. The molecule has 0 radical (unpaired) electrons. The summed E-state index contributed by atoms with van der Waals surface area (Å²) in [5, 5.41) is 11.4. The Morgan fingerprint density at radius 3 is 2.63 bits per heavy atom. The summed E-state index contributed by atoms with van der Waals surface area (Å²) in [5.41, 5.74) is 0.836. The molecule has 19 heavy (non-hydrogen) atoms. The molecule has 0 aliphatic heterocycles. The molecule has 0 amide bonds. The maximum atomic E-state index is 10.3. The molecule has 3 nitrogen and oxygen atoms in total. The summed E-state index contributed by atoms with van der Waals surface area (Å²) in [4.78, 5) is 2.28. The van der Waals surface area contributed by atoms with Gasteiger partial charge in [-0.3, -0.25) is 4.90 Å². The standard InChI is InChI=1S/C16H23NO2/c1-4-9-17(12(2)3)11-14(18)16-10-13-7-5-6-8-15(13)19-16/h5-8,10,12,14,18H,4,9,11H2,1-3H3. The van der Waals surface area contributed by atoms with Crippen LogP contribution in [0.25, 0.3) is 11.0 Å². The number of hydrogen-bond acceptors (Lipinski definition) is 3. The molecule has 104 valence electrons. The van der Waals surface area contributed by atoms with Crippen molar-refractivity contribution in [3.8, 4) is 0 Å². The zero-order valence-electron chi connectivity index (χ0n) is 12.0. The number of furan rings is 1. The average Bonchev–Trinajstić information content (AvgIpc) is 2.81. The minimum atomic E-state index is -0.568. The van der Waals surface area contributed by atoms with Crippen molar-refractivity contribution in [2.75, 3.05) is 13.1 Å². The highest BCUT2D eigenvalue weighted by atomic mass is 16.4. The van der Waals surface area contributed by atoms with Gasteiger partial charge in [0.15, 0.2) is 0 Å². The number of aliphatic hydroxyl groups excluding tert-OH is 1. The highest BCUT2D eigenvalue weighted by Gasteiger charge is 2.18. The summed E-state index contributed by atoms with van der Waals surface area (Å²) in [6.07, 6.45) is 0.520. The Bertz CT molecular complexity index is 485. The van der Waals surface area contributed by atoms with Gasteiger partial charge in [-0.25, -0.2) is 0 Å². The van der Waals surface area contributed by atoms with Crippen LogP contribution in [0.2, 0.25) is 0 Å². The Hall–Kier alpha value is -1.32. The van der Waals surface area contributed by atoms with Crippen molar-refractivity contribution in [3.63, 3.8) is 0 Å². The Kier molecular flexibility index (Phi) is 4.61. The van der Waals surface area contributed by atoms with Crippen LogP contribution in [-0.2, 0) is 0 Å². The minimum absolute atomic E-state index is 0.430. The van der Waals surface area contributed by atoms with Crippen molar-refractivity contribution in [3.05, 3.63) is 36.1 Å². The Balaban J connectivity index is 2.11. The molecular weight excluding hydrogens is 238 g/mol. The lowest BCUT2D eigenvalue weighted by atomic mass is 10.2. The summed E-state index contributed by atoms with van der Waals surface area (Å²) in [6.45, 7) is 8.07. The van der Waals surface area contributed by atoms with E-state index in [1.54, 1.807) is 0 Å². The van der Waals surface area contributed by atoms with Gasteiger partial charge in [-0.1, -0.05) is 25.1 Å². The van der Waals surface area contributed by atoms with E-state index in [1.165, 1.54) is 0 Å². The van der Waals surface area contributed by atoms with E-state index < -0.39 is 6.10 Å². The number of benzene rings is 1. The van der Waals surface area contributed by atoms with Crippen LogP contribution in [0.4, 0.5) is 0 Å². The van der Waals surface area contributed by atoms with Gasteiger partial charge < -0.3 is 9.52 Å². The van der Waals surface area contributed by atoms with E-state index in [0.29, 0.717) is 18.3 Å². The number of para-hydroxylation sites is 1. The third-order valence-corrected chi connectivity index (χ3v) is 3.42. The van der Waals surface area contributed by atoms with Crippen molar-refractivity contribution >= 4 is 11.0 Å². The molecule has 0 saturated carbocycles. The molecule has 0 saturated heterocycles. The molecule has 0 bridgehead atoms. The summed E-state index contributed by atoms with van der Waals surface area (Å²) >= 11 is 0. The zero-order chi connectivity index (χ0) is 13.8. The first kappa shape index (κ1) is 14.1. The van der Waals surface area contributed by atoms with Gasteiger partial charge in [0.05, 0.1) is 0 Å². The van der Waals surface area contributed by atoms with Gasteiger partial charge in [0, 0.05) is 18.0 Å². The van der Waals surface area contributed by atoms with Crippen molar-refractivity contribution < 1.29 is 9.52 Å². The van der Waals surface area contributed by atoms with Gasteiger partial charge in [-0.05, 0) is 38.9 Å². The Labute approximate surface area is 114 Å². The molecule has 1 heterocycles. The fourth-order valence-corrected chi connectivity index (χ4v) is 2.33. The van der Waals surface area contributed by atoms with Crippen LogP contribution in [0.15, 0.2) is 34.7 Å². The Morgan fingerprint density at radius 1 is 1.26 bits per heavy atom. The topological polar surface area (TPSA) is 36.6 Å². The summed E-state index contributed by atoms with van der Waals surface area (Å²) in [7, 11) is 0. The monoisotopic (exact) mass is 261 g/mol. The van der Waals surface area contributed by atoms with E-state index in [4.69, 9.17) is 4.42 Å². The maximum Gasteiger partial charge on any atom is 0.135 e. The van der Waals surface area contributed by atoms with Crippen LogP contribution in [0.5, 0.6) is 0 Å². The summed E-state index contributed by atoms with van der Waals surface area (Å²) < 4.78 is 5.71. The van der Waals surface area contributed by atoms with E-state index in [9.17, 15) is 5.11 Å². The highest BCUT2D eigenvalue weighted by molar-refractivity contribution is 5.77. The lowest BCUT2D eigenvalue weighted by Crippen LogP contribution is -2.35. The second kappa shape index (κ2) is 6.22. The first-order chi connectivity index (χ1) is 9.11. The molecule has 1 aromatic heterocycles. The highest BCUT2D eigenvalue weighted by Crippen LogP contribution is 2.24. The molecule has 0 fully saturated rings. The molecule has 1 aromatic carbocycles. The largest absolute Gasteiger partial charge is 0.458 e. The van der Waals surface area contributed by atoms with E-state index in [1.807, 2.05) is 30.3 Å². The fourth-order valence-electron chi connectivity index (χ4n) is 2.33. The van der Waals surface area contributed by atoms with Crippen molar-refractivity contribution in [1.82, 2.24) is 4.90 Å². The van der Waals surface area contributed by atoms with Crippen LogP contribution in [0.1, 0.15) is 39.1 Å². The van der Waals surface area contributed by atoms with Gasteiger partial charge in [-0.2, -0.15) is 0 Å². The molecule has 2 aromatic rings. The lowest BCUT2D eigenvalue weighted by molar-refractivity contribution is 0.0810. The van der Waals surface area contributed by atoms with E-state index >= 15 is 0 Å². The van der Waals surface area contributed by atoms with Crippen LogP contribution in [0.3, 0.4) is 0 Å². The van der Waals surface area contributed by atoms with Gasteiger partial charge in [0.1, 0.15) is 17.4 Å².